The Balaban J connectivity index is 2.64. The summed E-state index contributed by atoms with van der Waals surface area (Å²) in [5.41, 5.74) is -0.234. The molecule has 1 saturated heterocycles. The third kappa shape index (κ3) is 2.82. The van der Waals surface area contributed by atoms with Gasteiger partial charge in [-0.25, -0.2) is 0 Å². The Morgan fingerprint density at radius 1 is 1.67 bits per heavy atom. The van der Waals surface area contributed by atoms with E-state index in [1.54, 1.807) is 0 Å². The van der Waals surface area contributed by atoms with Crippen LogP contribution in [0.5, 0.6) is 0 Å². The van der Waals surface area contributed by atoms with Gasteiger partial charge in [-0.3, -0.25) is 4.79 Å². The number of rotatable bonds is 4. The minimum absolute atomic E-state index is 0.142. The molecule has 1 heterocycles. The predicted octanol–water partition coefficient (Wildman–Crippen LogP) is 1.65. The van der Waals surface area contributed by atoms with Crippen LogP contribution in [0.2, 0.25) is 0 Å². The maximum atomic E-state index is 12.1. The molecule has 0 aliphatic carbocycles. The summed E-state index contributed by atoms with van der Waals surface area (Å²) in [6.45, 7) is 10.1. The first-order chi connectivity index (χ1) is 6.99. The largest absolute Gasteiger partial charge is 0.351 e. The van der Waals surface area contributed by atoms with Gasteiger partial charge in [0.25, 0.3) is 0 Å². The van der Waals surface area contributed by atoms with Gasteiger partial charge in [0.1, 0.15) is 0 Å². The third-order valence-electron chi connectivity index (χ3n) is 3.19. The molecule has 1 rings (SSSR count). The van der Waals surface area contributed by atoms with Gasteiger partial charge in [-0.15, -0.1) is 0 Å². The summed E-state index contributed by atoms with van der Waals surface area (Å²) in [7, 11) is 0. The molecule has 3 nitrogen and oxygen atoms in total. The van der Waals surface area contributed by atoms with E-state index in [9.17, 15) is 4.79 Å². The van der Waals surface area contributed by atoms with Crippen LogP contribution in [-0.4, -0.2) is 25.5 Å². The van der Waals surface area contributed by atoms with Crippen LogP contribution in [-0.2, 0) is 4.79 Å². The van der Waals surface area contributed by atoms with Crippen LogP contribution in [0.25, 0.3) is 0 Å². The Bertz CT molecular complexity index is 257. The molecule has 1 amide bonds. The van der Waals surface area contributed by atoms with Gasteiger partial charge in [0.05, 0.1) is 5.41 Å². The minimum Gasteiger partial charge on any atom is -0.351 e. The maximum absolute atomic E-state index is 12.1. The van der Waals surface area contributed by atoms with Crippen molar-refractivity contribution in [2.24, 2.45) is 11.3 Å². The van der Waals surface area contributed by atoms with Crippen LogP contribution < -0.4 is 10.6 Å². The zero-order chi connectivity index (χ0) is 11.5. The molecule has 2 N–H and O–H groups in total. The smallest absolute Gasteiger partial charge is 0.228 e. The van der Waals surface area contributed by atoms with E-state index in [0.717, 1.165) is 24.0 Å². The molecule has 0 aromatic carbocycles. The first-order valence-corrected chi connectivity index (χ1v) is 6.10. The summed E-state index contributed by atoms with van der Waals surface area (Å²) in [5, 5.41) is 6.19. The molecule has 86 valence electrons. The average molecular weight is 275 g/mol. The molecule has 0 spiro atoms. The van der Waals surface area contributed by atoms with Crippen molar-refractivity contribution < 1.29 is 4.79 Å². The Labute approximate surface area is 99.8 Å². The van der Waals surface area contributed by atoms with E-state index in [4.69, 9.17) is 0 Å². The van der Waals surface area contributed by atoms with Crippen molar-refractivity contribution in [3.8, 4) is 0 Å². The van der Waals surface area contributed by atoms with Crippen LogP contribution in [0.1, 0.15) is 20.3 Å². The lowest BCUT2D eigenvalue weighted by atomic mass is 9.75. The summed E-state index contributed by atoms with van der Waals surface area (Å²) in [6, 6.07) is 0. The van der Waals surface area contributed by atoms with E-state index < -0.39 is 0 Å². The van der Waals surface area contributed by atoms with Crippen LogP contribution in [0, 0.1) is 11.3 Å². The van der Waals surface area contributed by atoms with E-state index in [-0.39, 0.29) is 11.3 Å². The molecule has 1 atom stereocenters. The zero-order valence-corrected chi connectivity index (χ0v) is 11.0. The first kappa shape index (κ1) is 12.7. The SMILES string of the molecule is C=C(Br)CNC(=O)C1(C(C)C)CCNC1. The molecule has 1 aliphatic heterocycles. The number of nitrogens with one attached hydrogen (secondary N) is 2. The van der Waals surface area contributed by atoms with Crippen molar-refractivity contribution in [3.05, 3.63) is 11.1 Å². The van der Waals surface area contributed by atoms with Gasteiger partial charge in [0.15, 0.2) is 0 Å². The van der Waals surface area contributed by atoms with E-state index in [2.05, 4.69) is 47.0 Å². The first-order valence-electron chi connectivity index (χ1n) is 5.31. The molecular weight excluding hydrogens is 256 g/mol. The monoisotopic (exact) mass is 274 g/mol. The molecule has 0 aromatic heterocycles. The maximum Gasteiger partial charge on any atom is 0.228 e. The quantitative estimate of drug-likeness (QED) is 0.819. The number of carbonyl (C=O) groups excluding carboxylic acids is 1. The summed E-state index contributed by atoms with van der Waals surface area (Å²) in [5.74, 6) is 0.499. The van der Waals surface area contributed by atoms with Gasteiger partial charge in [-0.2, -0.15) is 0 Å². The van der Waals surface area contributed by atoms with Crippen molar-refractivity contribution in [1.29, 1.82) is 0 Å². The molecule has 1 aliphatic rings. The Morgan fingerprint density at radius 2 is 2.33 bits per heavy atom. The summed E-state index contributed by atoms with van der Waals surface area (Å²) in [6.07, 6.45) is 0.922. The van der Waals surface area contributed by atoms with Crippen molar-refractivity contribution in [3.63, 3.8) is 0 Å². The van der Waals surface area contributed by atoms with Gasteiger partial charge in [0.2, 0.25) is 5.91 Å². The summed E-state index contributed by atoms with van der Waals surface area (Å²) < 4.78 is 0.806. The highest BCUT2D eigenvalue weighted by Crippen LogP contribution is 2.34. The Hall–Kier alpha value is -0.350. The molecule has 0 aromatic rings. The minimum atomic E-state index is -0.234. The molecule has 0 saturated carbocycles. The molecule has 4 heteroatoms. The second-order valence-corrected chi connectivity index (χ2v) is 5.56. The van der Waals surface area contributed by atoms with Crippen LogP contribution in [0.15, 0.2) is 11.1 Å². The van der Waals surface area contributed by atoms with E-state index >= 15 is 0 Å². The molecule has 1 fully saturated rings. The van der Waals surface area contributed by atoms with Gasteiger partial charge < -0.3 is 10.6 Å². The lowest BCUT2D eigenvalue weighted by Crippen LogP contribution is -2.46. The number of hydrogen-bond donors (Lipinski definition) is 2. The fourth-order valence-corrected chi connectivity index (χ4v) is 2.15. The fraction of sp³-hybridized carbons (Fsp3) is 0.727. The van der Waals surface area contributed by atoms with Gasteiger partial charge in [-0.05, 0) is 18.9 Å². The van der Waals surface area contributed by atoms with Crippen LogP contribution in [0.3, 0.4) is 0 Å². The van der Waals surface area contributed by atoms with Crippen molar-refractivity contribution in [1.82, 2.24) is 10.6 Å². The Morgan fingerprint density at radius 3 is 2.73 bits per heavy atom. The van der Waals surface area contributed by atoms with Crippen molar-refractivity contribution in [2.75, 3.05) is 19.6 Å². The highest BCUT2D eigenvalue weighted by atomic mass is 79.9. The van der Waals surface area contributed by atoms with Gasteiger partial charge in [-0.1, -0.05) is 36.4 Å². The lowest BCUT2D eigenvalue weighted by Gasteiger charge is -2.31. The standard InChI is InChI=1S/C11H19BrN2O/c1-8(2)11(4-5-13-7-11)10(15)14-6-9(3)12/h8,13H,3-7H2,1-2H3,(H,14,15). The summed E-state index contributed by atoms with van der Waals surface area (Å²) >= 11 is 3.24. The van der Waals surface area contributed by atoms with Crippen molar-refractivity contribution in [2.45, 2.75) is 20.3 Å². The number of hydrogen-bond acceptors (Lipinski definition) is 2. The number of amides is 1. The lowest BCUT2D eigenvalue weighted by molar-refractivity contribution is -0.132. The highest BCUT2D eigenvalue weighted by molar-refractivity contribution is 9.11. The van der Waals surface area contributed by atoms with E-state index in [1.807, 2.05) is 0 Å². The van der Waals surface area contributed by atoms with Gasteiger partial charge >= 0.3 is 0 Å². The second-order valence-electron chi connectivity index (χ2n) is 4.44. The number of halogens is 1. The molecular formula is C11H19BrN2O. The molecule has 1 unspecified atom stereocenters. The fourth-order valence-electron chi connectivity index (χ4n) is 2.01. The van der Waals surface area contributed by atoms with E-state index in [0.29, 0.717) is 12.5 Å². The average Bonchev–Trinajstić information content (AvgIpc) is 2.63. The number of carbonyl (C=O) groups is 1. The normalized spacial score (nSPS) is 25.6. The summed E-state index contributed by atoms with van der Waals surface area (Å²) in [4.78, 5) is 12.1. The second kappa shape index (κ2) is 5.12. The predicted molar refractivity (Wildman–Crippen MR) is 65.8 cm³/mol. The third-order valence-corrected chi connectivity index (χ3v) is 3.47. The molecule has 15 heavy (non-hydrogen) atoms. The molecule has 0 bridgehead atoms. The van der Waals surface area contributed by atoms with E-state index in [1.165, 1.54) is 0 Å². The topological polar surface area (TPSA) is 41.1 Å². The van der Waals surface area contributed by atoms with Crippen molar-refractivity contribution >= 4 is 21.8 Å². The highest BCUT2D eigenvalue weighted by Gasteiger charge is 2.43. The molecule has 0 radical (unpaired) electrons. The van der Waals surface area contributed by atoms with Crippen LogP contribution >= 0.6 is 15.9 Å². The Kier molecular flexibility index (Phi) is 4.34. The van der Waals surface area contributed by atoms with Gasteiger partial charge in [0, 0.05) is 17.6 Å². The zero-order valence-electron chi connectivity index (χ0n) is 9.40. The van der Waals surface area contributed by atoms with Crippen LogP contribution in [0.4, 0.5) is 0 Å².